The van der Waals surface area contributed by atoms with Crippen LogP contribution in [0.2, 0.25) is 5.02 Å². The van der Waals surface area contributed by atoms with Crippen LogP contribution in [0.4, 0.5) is 18.9 Å². The lowest BCUT2D eigenvalue weighted by Gasteiger charge is -2.11. The summed E-state index contributed by atoms with van der Waals surface area (Å²) >= 11 is 14.4. The number of alkyl halides is 3. The maximum Gasteiger partial charge on any atom is 0.416 e. The van der Waals surface area contributed by atoms with Crippen molar-refractivity contribution in [3.05, 3.63) is 28.8 Å². The summed E-state index contributed by atoms with van der Waals surface area (Å²) in [5, 5.41) is 2.67. The van der Waals surface area contributed by atoms with E-state index in [1.807, 2.05) is 0 Å². The summed E-state index contributed by atoms with van der Waals surface area (Å²) in [6.45, 7) is 0. The first-order chi connectivity index (χ1) is 7.34. The normalized spacial score (nSPS) is 11.3. The van der Waals surface area contributed by atoms with Crippen molar-refractivity contribution in [1.29, 1.82) is 0 Å². The van der Waals surface area contributed by atoms with E-state index in [1.54, 1.807) is 0 Å². The van der Waals surface area contributed by atoms with Crippen LogP contribution < -0.4 is 5.32 Å². The Morgan fingerprint density at radius 3 is 2.50 bits per heavy atom. The fourth-order valence-electron chi connectivity index (χ4n) is 0.983. The molecule has 0 aliphatic carbocycles. The molecule has 1 aromatic rings. The third-order valence-electron chi connectivity index (χ3n) is 1.71. The molecule has 0 radical (unpaired) electrons. The van der Waals surface area contributed by atoms with E-state index in [9.17, 15) is 13.2 Å². The molecule has 0 fully saturated rings. The largest absolute Gasteiger partial charge is 0.416 e. The monoisotopic (exact) mass is 285 g/mol. The molecular formula is C9H7ClF3NS2. The van der Waals surface area contributed by atoms with Crippen molar-refractivity contribution in [2.24, 2.45) is 0 Å². The second kappa shape index (κ2) is 5.25. The number of halogens is 4. The van der Waals surface area contributed by atoms with Crippen molar-refractivity contribution < 1.29 is 13.2 Å². The molecular weight excluding hydrogens is 279 g/mol. The molecule has 1 N–H and O–H groups in total. The Bertz CT molecular complexity index is 406. The van der Waals surface area contributed by atoms with Gasteiger partial charge in [0.2, 0.25) is 0 Å². The maximum absolute atomic E-state index is 12.3. The number of anilines is 1. The summed E-state index contributed by atoms with van der Waals surface area (Å²) in [5.41, 5.74) is -0.450. The minimum Gasteiger partial charge on any atom is -0.348 e. The topological polar surface area (TPSA) is 12.0 Å². The molecule has 88 valence electrons. The van der Waals surface area contributed by atoms with Gasteiger partial charge >= 0.3 is 6.18 Å². The van der Waals surface area contributed by atoms with Gasteiger partial charge in [-0.05, 0) is 18.2 Å². The molecule has 0 saturated heterocycles. The van der Waals surface area contributed by atoms with Crippen LogP contribution in [0.25, 0.3) is 0 Å². The van der Waals surface area contributed by atoms with Gasteiger partial charge in [0.1, 0.15) is 0 Å². The third-order valence-corrected chi connectivity index (χ3v) is 2.80. The number of hydrogen-bond donors (Lipinski definition) is 2. The first-order valence-corrected chi connectivity index (χ1v) is 5.54. The van der Waals surface area contributed by atoms with Gasteiger partial charge in [0.05, 0.1) is 21.3 Å². The van der Waals surface area contributed by atoms with Crippen molar-refractivity contribution in [3.63, 3.8) is 0 Å². The van der Waals surface area contributed by atoms with Crippen LogP contribution in [0.3, 0.4) is 0 Å². The van der Waals surface area contributed by atoms with E-state index in [1.165, 1.54) is 6.07 Å². The molecule has 0 atom stereocenters. The lowest BCUT2D eigenvalue weighted by Crippen LogP contribution is -2.11. The van der Waals surface area contributed by atoms with E-state index >= 15 is 0 Å². The van der Waals surface area contributed by atoms with Crippen LogP contribution in [-0.2, 0) is 6.18 Å². The number of thiocarbonyl (C=S) groups is 1. The van der Waals surface area contributed by atoms with E-state index in [0.29, 0.717) is 16.4 Å². The van der Waals surface area contributed by atoms with Crippen LogP contribution in [0, 0.1) is 0 Å². The van der Waals surface area contributed by atoms with E-state index in [2.05, 4.69) is 17.9 Å². The molecule has 7 heteroatoms. The standard InChI is InChI=1S/C9H7ClF3NS2/c10-6-3-5(9(11,12)13)1-2-7(6)14-8(16)4-15/h1-3,15H,4H2,(H,14,16). The van der Waals surface area contributed by atoms with Crippen LogP contribution in [0.15, 0.2) is 18.2 Å². The van der Waals surface area contributed by atoms with Crippen LogP contribution >= 0.6 is 36.4 Å². The minimum atomic E-state index is -4.40. The lowest BCUT2D eigenvalue weighted by molar-refractivity contribution is -0.137. The zero-order chi connectivity index (χ0) is 12.3. The van der Waals surface area contributed by atoms with Crippen molar-refractivity contribution in [1.82, 2.24) is 0 Å². The number of thiol groups is 1. The highest BCUT2D eigenvalue weighted by atomic mass is 35.5. The molecule has 16 heavy (non-hydrogen) atoms. The molecule has 0 saturated carbocycles. The second-order valence-corrected chi connectivity index (χ2v) is 4.11. The summed E-state index contributed by atoms with van der Waals surface area (Å²) in [6, 6.07) is 3.03. The fourth-order valence-corrected chi connectivity index (χ4v) is 1.40. The first kappa shape index (κ1) is 13.6. The van der Waals surface area contributed by atoms with Crippen molar-refractivity contribution in [2.75, 3.05) is 11.1 Å². The molecule has 0 amide bonds. The smallest absolute Gasteiger partial charge is 0.348 e. The predicted octanol–water partition coefficient (Wildman–Crippen LogP) is 4.03. The average molecular weight is 286 g/mol. The fraction of sp³-hybridized carbons (Fsp3) is 0.222. The highest BCUT2D eigenvalue weighted by Crippen LogP contribution is 2.33. The highest BCUT2D eigenvalue weighted by Gasteiger charge is 2.30. The average Bonchev–Trinajstić information content (AvgIpc) is 2.19. The Morgan fingerprint density at radius 1 is 1.44 bits per heavy atom. The van der Waals surface area contributed by atoms with E-state index in [-0.39, 0.29) is 5.02 Å². The van der Waals surface area contributed by atoms with Crippen molar-refractivity contribution >= 4 is 47.1 Å². The number of hydrogen-bond acceptors (Lipinski definition) is 2. The lowest BCUT2D eigenvalue weighted by atomic mass is 10.2. The Labute approximate surface area is 106 Å². The van der Waals surface area contributed by atoms with E-state index in [4.69, 9.17) is 23.8 Å². The van der Waals surface area contributed by atoms with Gasteiger partial charge in [0, 0.05) is 5.75 Å². The molecule has 0 aromatic heterocycles. The molecule has 0 heterocycles. The molecule has 1 aromatic carbocycles. The van der Waals surface area contributed by atoms with Gasteiger partial charge in [-0.25, -0.2) is 0 Å². The van der Waals surface area contributed by atoms with Crippen molar-refractivity contribution in [3.8, 4) is 0 Å². The summed E-state index contributed by atoms with van der Waals surface area (Å²) in [7, 11) is 0. The molecule has 0 aliphatic rings. The zero-order valence-electron chi connectivity index (χ0n) is 7.81. The molecule has 1 rings (SSSR count). The van der Waals surface area contributed by atoms with Crippen molar-refractivity contribution in [2.45, 2.75) is 6.18 Å². The Morgan fingerprint density at radius 2 is 2.06 bits per heavy atom. The zero-order valence-corrected chi connectivity index (χ0v) is 10.3. The Balaban J connectivity index is 2.96. The predicted molar refractivity (Wildman–Crippen MR) is 66.5 cm³/mol. The van der Waals surface area contributed by atoms with Crippen LogP contribution in [0.5, 0.6) is 0 Å². The maximum atomic E-state index is 12.3. The number of nitrogens with one attached hydrogen (secondary N) is 1. The number of rotatable bonds is 2. The summed E-state index contributed by atoms with van der Waals surface area (Å²) < 4.78 is 36.9. The molecule has 0 spiro atoms. The Hall–Kier alpha value is -0.460. The number of benzene rings is 1. The molecule has 1 nitrogen and oxygen atoms in total. The summed E-state index contributed by atoms with van der Waals surface area (Å²) in [5.74, 6) is 0.298. The first-order valence-electron chi connectivity index (χ1n) is 4.12. The summed E-state index contributed by atoms with van der Waals surface area (Å²) in [4.78, 5) is 0.394. The van der Waals surface area contributed by atoms with Crippen LogP contribution in [0.1, 0.15) is 5.56 Å². The second-order valence-electron chi connectivity index (χ2n) is 2.90. The molecule has 0 aliphatic heterocycles. The van der Waals surface area contributed by atoms with Gasteiger partial charge in [-0.1, -0.05) is 23.8 Å². The van der Waals surface area contributed by atoms with Gasteiger partial charge in [-0.3, -0.25) is 0 Å². The van der Waals surface area contributed by atoms with E-state index < -0.39 is 11.7 Å². The molecule has 0 bridgehead atoms. The highest BCUT2D eigenvalue weighted by molar-refractivity contribution is 7.86. The van der Waals surface area contributed by atoms with Gasteiger partial charge in [-0.2, -0.15) is 25.8 Å². The summed E-state index contributed by atoms with van der Waals surface area (Å²) in [6.07, 6.45) is -4.40. The SMILES string of the molecule is FC(F)(F)c1ccc(NC(=S)CS)c(Cl)c1. The van der Waals surface area contributed by atoms with Gasteiger partial charge < -0.3 is 5.32 Å². The Kier molecular flexibility index (Phi) is 4.46. The molecule has 0 unspecified atom stereocenters. The minimum absolute atomic E-state index is 0.0287. The van der Waals surface area contributed by atoms with E-state index in [0.717, 1.165) is 12.1 Å². The van der Waals surface area contributed by atoms with Crippen LogP contribution in [-0.4, -0.2) is 10.7 Å². The third kappa shape index (κ3) is 3.54. The van der Waals surface area contributed by atoms with Gasteiger partial charge in [0.25, 0.3) is 0 Å². The quantitative estimate of drug-likeness (QED) is 0.629. The van der Waals surface area contributed by atoms with Gasteiger partial charge in [0.15, 0.2) is 0 Å². The van der Waals surface area contributed by atoms with Gasteiger partial charge in [-0.15, -0.1) is 0 Å².